The molecule has 0 N–H and O–H groups in total. The average Bonchev–Trinajstić information content (AvgIpc) is 2.77. The zero-order valence-electron chi connectivity index (χ0n) is 10.0. The topological polar surface area (TPSA) is 43.4 Å². The number of methoxy groups -OCH3 is 1. The monoisotopic (exact) mass is 250 g/mol. The standard InChI is InChI=1S/C13H14O3S/c1-9(7-11-5-4-6-17-11)8-12(10(2)14)13(15)16-3/h4-8H,1-3H3/b9-7+,12-8-. The van der Waals surface area contributed by atoms with E-state index in [0.717, 1.165) is 10.5 Å². The molecule has 0 atom stereocenters. The SMILES string of the molecule is COC(=O)/C(=C\C(C)=C\c1cccs1)C(C)=O. The van der Waals surface area contributed by atoms with E-state index in [1.165, 1.54) is 14.0 Å². The van der Waals surface area contributed by atoms with Crippen molar-refractivity contribution in [1.29, 1.82) is 0 Å². The van der Waals surface area contributed by atoms with Crippen LogP contribution in [0.2, 0.25) is 0 Å². The fourth-order valence-electron chi connectivity index (χ4n) is 1.28. The van der Waals surface area contributed by atoms with Crippen LogP contribution < -0.4 is 0 Å². The summed E-state index contributed by atoms with van der Waals surface area (Å²) in [6.07, 6.45) is 3.46. The highest BCUT2D eigenvalue weighted by Crippen LogP contribution is 2.15. The number of hydrogen-bond donors (Lipinski definition) is 0. The Morgan fingerprint density at radius 2 is 2.06 bits per heavy atom. The van der Waals surface area contributed by atoms with E-state index < -0.39 is 5.97 Å². The van der Waals surface area contributed by atoms with E-state index in [1.807, 2.05) is 30.5 Å². The van der Waals surface area contributed by atoms with Crippen LogP contribution in [-0.2, 0) is 14.3 Å². The van der Waals surface area contributed by atoms with Crippen LogP contribution >= 0.6 is 11.3 Å². The molecule has 17 heavy (non-hydrogen) atoms. The molecule has 0 saturated heterocycles. The summed E-state index contributed by atoms with van der Waals surface area (Å²) in [6.45, 7) is 3.19. The van der Waals surface area contributed by atoms with Crippen molar-refractivity contribution in [3.63, 3.8) is 0 Å². The van der Waals surface area contributed by atoms with Gasteiger partial charge in [0.05, 0.1) is 7.11 Å². The molecule has 0 unspecified atom stereocenters. The van der Waals surface area contributed by atoms with Crippen LogP contribution in [0.25, 0.3) is 6.08 Å². The van der Waals surface area contributed by atoms with Crippen LogP contribution in [-0.4, -0.2) is 18.9 Å². The maximum atomic E-state index is 11.4. The molecule has 0 spiro atoms. The van der Waals surface area contributed by atoms with Gasteiger partial charge in [0.25, 0.3) is 0 Å². The minimum atomic E-state index is -0.601. The summed E-state index contributed by atoms with van der Waals surface area (Å²) in [6, 6.07) is 3.91. The van der Waals surface area contributed by atoms with Crippen molar-refractivity contribution in [2.24, 2.45) is 0 Å². The lowest BCUT2D eigenvalue weighted by Gasteiger charge is -2.01. The normalized spacial score (nSPS) is 12.4. The lowest BCUT2D eigenvalue weighted by Crippen LogP contribution is -2.11. The molecule has 1 aromatic heterocycles. The summed E-state index contributed by atoms with van der Waals surface area (Å²) in [5, 5.41) is 1.97. The van der Waals surface area contributed by atoms with Crippen LogP contribution in [0.3, 0.4) is 0 Å². The molecule has 4 heteroatoms. The third-order valence-electron chi connectivity index (χ3n) is 2.07. The second-order valence-electron chi connectivity index (χ2n) is 3.51. The molecule has 0 radical (unpaired) electrons. The van der Waals surface area contributed by atoms with Gasteiger partial charge in [-0.15, -0.1) is 11.3 Å². The number of ether oxygens (including phenoxy) is 1. The van der Waals surface area contributed by atoms with Gasteiger partial charge >= 0.3 is 5.97 Å². The number of thiophene rings is 1. The Morgan fingerprint density at radius 3 is 2.53 bits per heavy atom. The quantitative estimate of drug-likeness (QED) is 0.271. The highest BCUT2D eigenvalue weighted by molar-refractivity contribution is 7.10. The fraction of sp³-hybridized carbons (Fsp3) is 0.231. The summed E-state index contributed by atoms with van der Waals surface area (Å²) in [4.78, 5) is 23.7. The van der Waals surface area contributed by atoms with Gasteiger partial charge in [0.1, 0.15) is 5.57 Å². The molecule has 0 bridgehead atoms. The average molecular weight is 250 g/mol. The maximum Gasteiger partial charge on any atom is 0.341 e. The highest BCUT2D eigenvalue weighted by atomic mass is 32.1. The molecular formula is C13H14O3S. The van der Waals surface area contributed by atoms with Crippen molar-refractivity contribution in [2.45, 2.75) is 13.8 Å². The number of hydrogen-bond acceptors (Lipinski definition) is 4. The molecule has 0 amide bonds. The Kier molecular flexibility index (Phi) is 4.84. The third-order valence-corrected chi connectivity index (χ3v) is 2.89. The predicted octanol–water partition coefficient (Wildman–Crippen LogP) is 2.84. The maximum absolute atomic E-state index is 11.4. The Labute approximate surface area is 104 Å². The van der Waals surface area contributed by atoms with Gasteiger partial charge in [0.2, 0.25) is 0 Å². The smallest absolute Gasteiger partial charge is 0.341 e. The molecule has 0 aliphatic heterocycles. The first kappa shape index (κ1) is 13.4. The van der Waals surface area contributed by atoms with Gasteiger partial charge in [-0.05, 0) is 43.0 Å². The van der Waals surface area contributed by atoms with Crippen LogP contribution in [0.15, 0.2) is 34.7 Å². The largest absolute Gasteiger partial charge is 0.465 e. The lowest BCUT2D eigenvalue weighted by atomic mass is 10.1. The van der Waals surface area contributed by atoms with Crippen molar-refractivity contribution in [3.05, 3.63) is 39.6 Å². The summed E-state index contributed by atoms with van der Waals surface area (Å²) in [7, 11) is 1.26. The number of rotatable bonds is 4. The number of esters is 1. The molecule has 0 aromatic carbocycles. The van der Waals surface area contributed by atoms with E-state index in [9.17, 15) is 9.59 Å². The van der Waals surface area contributed by atoms with Crippen molar-refractivity contribution < 1.29 is 14.3 Å². The molecule has 1 heterocycles. The van der Waals surface area contributed by atoms with Gasteiger partial charge < -0.3 is 4.74 Å². The molecular weight excluding hydrogens is 236 g/mol. The Hall–Kier alpha value is -1.68. The second-order valence-corrected chi connectivity index (χ2v) is 4.49. The number of carbonyl (C=O) groups excluding carboxylic acids is 2. The molecule has 0 aliphatic carbocycles. The van der Waals surface area contributed by atoms with E-state index >= 15 is 0 Å². The van der Waals surface area contributed by atoms with Gasteiger partial charge in [-0.1, -0.05) is 6.07 Å². The molecule has 1 rings (SSSR count). The molecule has 0 aliphatic rings. The summed E-state index contributed by atoms with van der Waals surface area (Å²) in [5.41, 5.74) is 0.904. The van der Waals surface area contributed by atoms with Gasteiger partial charge in [-0.25, -0.2) is 4.79 Å². The van der Waals surface area contributed by atoms with Gasteiger partial charge in [0, 0.05) is 4.88 Å². The summed E-state index contributed by atoms with van der Waals surface area (Å²) >= 11 is 1.59. The van der Waals surface area contributed by atoms with E-state index in [2.05, 4.69) is 4.74 Å². The minimum absolute atomic E-state index is 0.0674. The van der Waals surface area contributed by atoms with Crippen molar-refractivity contribution in [2.75, 3.05) is 7.11 Å². The van der Waals surface area contributed by atoms with Crippen molar-refractivity contribution in [3.8, 4) is 0 Å². The first-order valence-corrected chi connectivity index (χ1v) is 5.95. The zero-order chi connectivity index (χ0) is 12.8. The Balaban J connectivity index is 2.98. The predicted molar refractivity (Wildman–Crippen MR) is 68.8 cm³/mol. The number of carbonyl (C=O) groups is 2. The first-order chi connectivity index (χ1) is 8.04. The Bertz CT molecular complexity index is 467. The van der Waals surface area contributed by atoms with Crippen molar-refractivity contribution in [1.82, 2.24) is 0 Å². The van der Waals surface area contributed by atoms with Gasteiger partial charge in [-0.2, -0.15) is 0 Å². The number of ketones is 1. The van der Waals surface area contributed by atoms with Crippen LogP contribution in [0.5, 0.6) is 0 Å². The Morgan fingerprint density at radius 1 is 1.35 bits per heavy atom. The van der Waals surface area contributed by atoms with E-state index in [-0.39, 0.29) is 11.4 Å². The van der Waals surface area contributed by atoms with Gasteiger partial charge in [0.15, 0.2) is 5.78 Å². The lowest BCUT2D eigenvalue weighted by molar-refractivity contribution is -0.137. The van der Waals surface area contributed by atoms with E-state index in [1.54, 1.807) is 17.4 Å². The number of Topliss-reactive ketones (excluding diaryl/α,β-unsaturated/α-hetero) is 1. The van der Waals surface area contributed by atoms with Crippen LogP contribution in [0.4, 0.5) is 0 Å². The fourth-order valence-corrected chi connectivity index (χ4v) is 2.01. The first-order valence-electron chi connectivity index (χ1n) is 5.07. The minimum Gasteiger partial charge on any atom is -0.465 e. The molecule has 90 valence electrons. The molecule has 3 nitrogen and oxygen atoms in total. The summed E-state index contributed by atoms with van der Waals surface area (Å²) < 4.78 is 4.56. The molecule has 0 fully saturated rings. The highest BCUT2D eigenvalue weighted by Gasteiger charge is 2.14. The van der Waals surface area contributed by atoms with E-state index in [0.29, 0.717) is 0 Å². The van der Waals surface area contributed by atoms with Crippen LogP contribution in [0, 0.1) is 0 Å². The third kappa shape index (κ3) is 4.00. The molecule has 0 saturated carbocycles. The molecule has 1 aromatic rings. The van der Waals surface area contributed by atoms with Crippen LogP contribution in [0.1, 0.15) is 18.7 Å². The number of allylic oxidation sites excluding steroid dienone is 2. The van der Waals surface area contributed by atoms with Crippen molar-refractivity contribution >= 4 is 29.2 Å². The van der Waals surface area contributed by atoms with Gasteiger partial charge in [-0.3, -0.25) is 4.79 Å². The van der Waals surface area contributed by atoms with E-state index in [4.69, 9.17) is 0 Å². The zero-order valence-corrected chi connectivity index (χ0v) is 10.8. The summed E-state index contributed by atoms with van der Waals surface area (Å²) in [5.74, 6) is -0.896. The second kappa shape index (κ2) is 6.15.